The van der Waals surface area contributed by atoms with Crippen molar-refractivity contribution in [1.82, 2.24) is 0 Å². The van der Waals surface area contributed by atoms with Gasteiger partial charge in [0.1, 0.15) is 0 Å². The van der Waals surface area contributed by atoms with Crippen molar-refractivity contribution in [1.29, 1.82) is 0 Å². The first-order valence-electron chi connectivity index (χ1n) is 15.6. The second kappa shape index (κ2) is 24.4. The van der Waals surface area contributed by atoms with Crippen LogP contribution in [0.2, 0.25) is 0 Å². The zero-order valence-corrected chi connectivity index (χ0v) is 29.3. The summed E-state index contributed by atoms with van der Waals surface area (Å²) < 4.78 is 0. The average molecular weight is 691 g/mol. The van der Waals surface area contributed by atoms with E-state index in [9.17, 15) is 0 Å². The molecule has 0 saturated carbocycles. The van der Waals surface area contributed by atoms with Crippen LogP contribution in [0.25, 0.3) is 0 Å². The normalized spacial score (nSPS) is 11.2. The van der Waals surface area contributed by atoms with Gasteiger partial charge in [-0.3, -0.25) is 0 Å². The third-order valence-corrected chi connectivity index (χ3v) is 13.3. The fourth-order valence-corrected chi connectivity index (χ4v) is 10.6. The molecule has 0 heterocycles. The van der Waals surface area contributed by atoms with Crippen molar-refractivity contribution in [3.8, 4) is 0 Å². The summed E-state index contributed by atoms with van der Waals surface area (Å²) >= 11 is 3.13. The number of hydrogen-bond acceptors (Lipinski definition) is 0. The summed E-state index contributed by atoms with van der Waals surface area (Å²) in [5.41, 5.74) is 0. The van der Waals surface area contributed by atoms with Crippen molar-refractivity contribution in [2.75, 3.05) is 11.5 Å². The van der Waals surface area contributed by atoms with Gasteiger partial charge in [-0.25, -0.2) is 0 Å². The first-order valence-corrected chi connectivity index (χ1v) is 19.0. The number of halogens is 2. The van der Waals surface area contributed by atoms with Crippen LogP contribution in [0.1, 0.15) is 96.8 Å². The monoisotopic (exact) mass is 688 g/mol. The zero-order chi connectivity index (χ0) is 27.9. The summed E-state index contributed by atoms with van der Waals surface area (Å²) in [5.74, 6) is 0. The van der Waals surface area contributed by atoms with Crippen LogP contribution in [0.5, 0.6) is 0 Å². The summed E-state index contributed by atoms with van der Waals surface area (Å²) in [7, 11) is -2.03. The average Bonchev–Trinajstić information content (AvgIpc) is 3.01. The van der Waals surface area contributed by atoms with Gasteiger partial charge < -0.3 is 0 Å². The van der Waals surface area contributed by atoms with Gasteiger partial charge in [0.2, 0.25) is 0 Å². The number of rotatable bonds is 19. The number of allylic oxidation sites excluding steroid dienone is 1. The zero-order valence-electron chi connectivity index (χ0n) is 25.0. The Kier molecular flexibility index (Phi) is 22.5. The van der Waals surface area contributed by atoms with Gasteiger partial charge in [0.05, 0.1) is 0 Å². The summed E-state index contributed by atoms with van der Waals surface area (Å²) in [6, 6.07) is 34.2. The molecule has 0 atom stereocenters. The molecule has 0 unspecified atom stereocenters. The summed E-state index contributed by atoms with van der Waals surface area (Å²) in [5, 5.41) is 5.54. The molecule has 3 aromatic rings. The number of unbranched alkanes of at least 4 members (excludes halogenated alkanes) is 13. The molecule has 0 aliphatic heterocycles. The third kappa shape index (κ3) is 13.6. The van der Waals surface area contributed by atoms with E-state index in [0.717, 1.165) is 5.33 Å². The van der Waals surface area contributed by atoms with Gasteiger partial charge in [0, 0.05) is 5.33 Å². The molecule has 0 aromatic heterocycles. The van der Waals surface area contributed by atoms with E-state index in [1.54, 1.807) is 22.0 Å². The van der Waals surface area contributed by atoms with Gasteiger partial charge in [0.25, 0.3) is 0 Å². The molecule has 40 heavy (non-hydrogen) atoms. The molecule has 0 aliphatic rings. The standard InChI is InChI=1S/C34H49P.C3H5Br.BrH/c1-2-3-4-5-6-7-8-9-10-11-12-13-14-24-31-35(32-25-18-15-19-26-32,33-27-20-16-21-28-33)34-29-22-17-23-30-34;1-2-3-4;/h15-23,25-30,35H,2-14,24,31H2,1H3;2H,1,3H2;1H. The van der Waals surface area contributed by atoms with E-state index < -0.39 is 7.26 Å². The van der Waals surface area contributed by atoms with Crippen molar-refractivity contribution in [3.63, 3.8) is 0 Å². The molecule has 0 spiro atoms. The fourth-order valence-electron chi connectivity index (χ4n) is 5.69. The van der Waals surface area contributed by atoms with Crippen molar-refractivity contribution in [2.45, 2.75) is 96.8 Å². The van der Waals surface area contributed by atoms with E-state index in [1.165, 1.54) is 96.1 Å². The van der Waals surface area contributed by atoms with Gasteiger partial charge in [-0.2, -0.15) is 0 Å². The van der Waals surface area contributed by atoms with E-state index in [-0.39, 0.29) is 17.0 Å². The van der Waals surface area contributed by atoms with Crippen LogP contribution in [0, 0.1) is 0 Å². The topological polar surface area (TPSA) is 0 Å². The molecule has 222 valence electrons. The van der Waals surface area contributed by atoms with Crippen LogP contribution in [0.15, 0.2) is 104 Å². The Hall–Kier alpha value is -1.21. The molecule has 0 aliphatic carbocycles. The van der Waals surface area contributed by atoms with Gasteiger partial charge in [-0.05, 0) is 0 Å². The van der Waals surface area contributed by atoms with E-state index in [4.69, 9.17) is 0 Å². The molecule has 0 radical (unpaired) electrons. The summed E-state index contributed by atoms with van der Waals surface area (Å²) in [6.45, 7) is 5.73. The molecule has 0 bridgehead atoms. The molecule has 3 heteroatoms. The molecule has 0 fully saturated rings. The van der Waals surface area contributed by atoms with E-state index >= 15 is 0 Å². The van der Waals surface area contributed by atoms with Crippen LogP contribution >= 0.6 is 40.2 Å². The van der Waals surface area contributed by atoms with Gasteiger partial charge in [0.15, 0.2) is 0 Å². The predicted octanol–water partition coefficient (Wildman–Crippen LogP) is 11.3. The number of benzene rings is 3. The number of hydrogen-bond donors (Lipinski definition) is 0. The van der Waals surface area contributed by atoms with Crippen molar-refractivity contribution in [2.24, 2.45) is 0 Å². The van der Waals surface area contributed by atoms with E-state index in [1.807, 2.05) is 0 Å². The fraction of sp³-hybridized carbons (Fsp3) is 0.459. The first kappa shape index (κ1) is 36.8. The Morgan fingerprint density at radius 2 is 0.800 bits per heavy atom. The maximum atomic E-state index is 3.43. The van der Waals surface area contributed by atoms with Crippen LogP contribution < -0.4 is 15.9 Å². The Morgan fingerprint density at radius 3 is 1.07 bits per heavy atom. The minimum atomic E-state index is -2.03. The summed E-state index contributed by atoms with van der Waals surface area (Å²) in [6.07, 6.45) is 22.9. The predicted molar refractivity (Wildman–Crippen MR) is 196 cm³/mol. The molecular weight excluding hydrogens is 635 g/mol. The molecular formula is C37H55Br2P. The maximum absolute atomic E-state index is 3.43. The van der Waals surface area contributed by atoms with Crippen LogP contribution in [0.4, 0.5) is 0 Å². The van der Waals surface area contributed by atoms with Crippen molar-refractivity contribution in [3.05, 3.63) is 104 Å². The summed E-state index contributed by atoms with van der Waals surface area (Å²) in [4.78, 5) is 0. The Morgan fingerprint density at radius 1 is 0.525 bits per heavy atom. The van der Waals surface area contributed by atoms with Crippen LogP contribution in [-0.4, -0.2) is 11.5 Å². The number of alkyl halides is 1. The van der Waals surface area contributed by atoms with Gasteiger partial charge >= 0.3 is 191 Å². The van der Waals surface area contributed by atoms with Crippen molar-refractivity contribution < 1.29 is 0 Å². The molecule has 3 aromatic carbocycles. The Labute approximate surface area is 266 Å². The molecule has 0 nitrogen and oxygen atoms in total. The van der Waals surface area contributed by atoms with Gasteiger partial charge in [-0.1, -0.05) is 48.2 Å². The molecule has 0 amide bonds. The van der Waals surface area contributed by atoms with E-state index in [2.05, 4.69) is 120 Å². The van der Waals surface area contributed by atoms with Crippen molar-refractivity contribution >= 4 is 56.1 Å². The van der Waals surface area contributed by atoms with E-state index in [0.29, 0.717) is 0 Å². The SMILES string of the molecule is Br.C=CCBr.CCCCCCCCCCCCCCCC[PH](c1ccccc1)(c1ccccc1)c1ccccc1. The Balaban J connectivity index is 0.00000150. The third-order valence-electron chi connectivity index (χ3n) is 7.81. The van der Waals surface area contributed by atoms with Gasteiger partial charge in [-0.15, -0.1) is 23.6 Å². The second-order valence-corrected chi connectivity index (χ2v) is 15.5. The first-order chi connectivity index (χ1) is 19.3. The Bertz CT molecular complexity index is 863. The molecule has 3 rings (SSSR count). The van der Waals surface area contributed by atoms with Crippen LogP contribution in [0.3, 0.4) is 0 Å². The van der Waals surface area contributed by atoms with Crippen LogP contribution in [-0.2, 0) is 0 Å². The minimum absolute atomic E-state index is 0. The second-order valence-electron chi connectivity index (χ2n) is 10.8. The molecule has 0 saturated heterocycles. The quantitative estimate of drug-likeness (QED) is 0.0508. The molecule has 0 N–H and O–H groups in total.